The van der Waals surface area contributed by atoms with Gasteiger partial charge in [0.25, 0.3) is 0 Å². The van der Waals surface area contributed by atoms with Crippen LogP contribution in [0.3, 0.4) is 0 Å². The van der Waals surface area contributed by atoms with E-state index in [-0.39, 0.29) is 10.8 Å². The number of aryl methyl sites for hydroxylation is 1. The highest BCUT2D eigenvalue weighted by Crippen LogP contribution is 2.35. The average Bonchev–Trinajstić information content (AvgIpc) is 2.54. The van der Waals surface area contributed by atoms with Crippen LogP contribution in [0.5, 0.6) is 0 Å². The molecule has 0 spiro atoms. The number of anilines is 2. The van der Waals surface area contributed by atoms with Crippen molar-refractivity contribution in [2.75, 3.05) is 16.8 Å². The van der Waals surface area contributed by atoms with Crippen LogP contribution in [0.4, 0.5) is 24.5 Å². The average molecular weight is 336 g/mol. The number of halogens is 3. The Morgan fingerprint density at radius 3 is 2.52 bits per heavy atom. The van der Waals surface area contributed by atoms with Gasteiger partial charge < -0.3 is 10.2 Å². The molecule has 1 heterocycles. The summed E-state index contributed by atoms with van der Waals surface area (Å²) in [5.41, 5.74) is 1.38. The molecular weight excluding hydrogens is 321 g/mol. The summed E-state index contributed by atoms with van der Waals surface area (Å²) < 4.78 is 39.2. The van der Waals surface area contributed by atoms with E-state index in [0.29, 0.717) is 6.54 Å². The highest BCUT2D eigenvalue weighted by molar-refractivity contribution is 7.80. The van der Waals surface area contributed by atoms with Crippen LogP contribution in [-0.2, 0) is 12.6 Å². The largest absolute Gasteiger partial charge is 0.418 e. The van der Waals surface area contributed by atoms with Gasteiger partial charge in [-0.2, -0.15) is 13.2 Å². The topological polar surface area (TPSA) is 15.3 Å². The van der Waals surface area contributed by atoms with Crippen molar-refractivity contribution in [3.63, 3.8) is 0 Å². The molecule has 0 amide bonds. The Bertz CT molecular complexity index is 728. The number of benzene rings is 2. The Kier molecular flexibility index (Phi) is 4.26. The van der Waals surface area contributed by atoms with Gasteiger partial charge in [-0.05, 0) is 48.8 Å². The van der Waals surface area contributed by atoms with E-state index in [1.54, 1.807) is 6.07 Å². The number of para-hydroxylation sites is 2. The van der Waals surface area contributed by atoms with Crippen molar-refractivity contribution in [2.45, 2.75) is 19.0 Å². The molecule has 23 heavy (non-hydrogen) atoms. The van der Waals surface area contributed by atoms with Crippen molar-refractivity contribution in [2.24, 2.45) is 0 Å². The standard InChI is InChI=1S/C17H15F3N2S/c18-17(19,20)13-8-2-3-9-14(13)21-16(23)22-11-5-7-12-6-1-4-10-15(12)22/h1-4,6,8-10H,5,7,11H2,(H,21,23). The molecule has 0 aliphatic carbocycles. The summed E-state index contributed by atoms with van der Waals surface area (Å²) in [6, 6.07) is 13.2. The molecule has 0 atom stereocenters. The van der Waals surface area contributed by atoms with Gasteiger partial charge in [0.05, 0.1) is 11.3 Å². The van der Waals surface area contributed by atoms with Crippen molar-refractivity contribution < 1.29 is 13.2 Å². The van der Waals surface area contributed by atoms with Gasteiger partial charge in [0.15, 0.2) is 5.11 Å². The summed E-state index contributed by atoms with van der Waals surface area (Å²) >= 11 is 5.36. The molecule has 1 N–H and O–H groups in total. The number of fused-ring (bicyclic) bond motifs is 1. The summed E-state index contributed by atoms with van der Waals surface area (Å²) in [4.78, 5) is 1.86. The summed E-state index contributed by atoms with van der Waals surface area (Å²) in [6.45, 7) is 0.691. The van der Waals surface area contributed by atoms with Gasteiger partial charge in [-0.1, -0.05) is 30.3 Å². The highest BCUT2D eigenvalue weighted by Gasteiger charge is 2.33. The van der Waals surface area contributed by atoms with Crippen LogP contribution in [0.25, 0.3) is 0 Å². The van der Waals surface area contributed by atoms with Gasteiger partial charge >= 0.3 is 6.18 Å². The fraction of sp³-hybridized carbons (Fsp3) is 0.235. The molecule has 3 rings (SSSR count). The number of nitrogens with zero attached hydrogens (tertiary/aromatic N) is 1. The van der Waals surface area contributed by atoms with Crippen molar-refractivity contribution in [3.05, 3.63) is 59.7 Å². The lowest BCUT2D eigenvalue weighted by Crippen LogP contribution is -2.38. The minimum atomic E-state index is -4.42. The molecule has 2 aromatic rings. The molecule has 1 aliphatic heterocycles. The number of hydrogen-bond donors (Lipinski definition) is 1. The summed E-state index contributed by atoms with van der Waals surface area (Å²) in [5.74, 6) is 0. The van der Waals surface area contributed by atoms with Gasteiger partial charge in [-0.25, -0.2) is 0 Å². The van der Waals surface area contributed by atoms with Gasteiger partial charge in [0, 0.05) is 12.2 Å². The molecule has 0 fully saturated rings. The second-order valence-electron chi connectivity index (χ2n) is 5.36. The maximum atomic E-state index is 13.1. The van der Waals surface area contributed by atoms with Crippen LogP contribution in [-0.4, -0.2) is 11.7 Å². The predicted molar refractivity (Wildman–Crippen MR) is 89.8 cm³/mol. The molecule has 120 valence electrons. The van der Waals surface area contributed by atoms with Crippen LogP contribution in [0.2, 0.25) is 0 Å². The molecule has 0 unspecified atom stereocenters. The molecule has 1 aliphatic rings. The van der Waals surface area contributed by atoms with Crippen molar-refractivity contribution in [1.82, 2.24) is 0 Å². The Morgan fingerprint density at radius 2 is 1.74 bits per heavy atom. The second kappa shape index (κ2) is 6.20. The van der Waals surface area contributed by atoms with Gasteiger partial charge in [-0.3, -0.25) is 0 Å². The molecular formula is C17H15F3N2S. The maximum absolute atomic E-state index is 13.1. The second-order valence-corrected chi connectivity index (χ2v) is 5.74. The van der Waals surface area contributed by atoms with Gasteiger partial charge in [-0.15, -0.1) is 0 Å². The first kappa shape index (κ1) is 15.8. The lowest BCUT2D eigenvalue weighted by Gasteiger charge is -2.32. The molecule has 0 saturated heterocycles. The number of rotatable bonds is 1. The van der Waals surface area contributed by atoms with Gasteiger partial charge in [0.2, 0.25) is 0 Å². The van der Waals surface area contributed by atoms with Crippen LogP contribution in [0.1, 0.15) is 17.5 Å². The van der Waals surface area contributed by atoms with Crippen molar-refractivity contribution in [1.29, 1.82) is 0 Å². The predicted octanol–water partition coefficient (Wildman–Crippen LogP) is 4.86. The summed E-state index contributed by atoms with van der Waals surface area (Å²) in [7, 11) is 0. The Labute approximate surface area is 137 Å². The number of alkyl halides is 3. The zero-order valence-corrected chi connectivity index (χ0v) is 13.0. The van der Waals surface area contributed by atoms with Gasteiger partial charge in [0.1, 0.15) is 0 Å². The van der Waals surface area contributed by atoms with E-state index >= 15 is 0 Å². The fourth-order valence-corrected chi connectivity index (χ4v) is 3.07. The smallest absolute Gasteiger partial charge is 0.332 e. The third-order valence-electron chi connectivity index (χ3n) is 3.83. The normalized spacial score (nSPS) is 14.3. The Balaban J connectivity index is 1.87. The third kappa shape index (κ3) is 3.32. The first-order chi connectivity index (χ1) is 11.0. The molecule has 2 nitrogen and oxygen atoms in total. The number of hydrogen-bond acceptors (Lipinski definition) is 1. The van der Waals surface area contributed by atoms with Crippen molar-refractivity contribution >= 4 is 28.7 Å². The van der Waals surface area contributed by atoms with Crippen LogP contribution < -0.4 is 10.2 Å². The zero-order valence-electron chi connectivity index (χ0n) is 12.2. The van der Waals surface area contributed by atoms with E-state index < -0.39 is 11.7 Å². The monoisotopic (exact) mass is 336 g/mol. The minimum Gasteiger partial charge on any atom is -0.332 e. The van der Waals surface area contributed by atoms with Crippen LogP contribution in [0, 0.1) is 0 Å². The molecule has 0 saturated carbocycles. The van der Waals surface area contributed by atoms with E-state index in [0.717, 1.165) is 30.2 Å². The molecule has 0 radical (unpaired) electrons. The zero-order chi connectivity index (χ0) is 16.4. The number of nitrogens with one attached hydrogen (secondary N) is 1. The van der Waals surface area contributed by atoms with Crippen molar-refractivity contribution in [3.8, 4) is 0 Å². The first-order valence-electron chi connectivity index (χ1n) is 7.29. The van der Waals surface area contributed by atoms with E-state index in [9.17, 15) is 13.2 Å². The first-order valence-corrected chi connectivity index (χ1v) is 7.70. The van der Waals surface area contributed by atoms with E-state index in [2.05, 4.69) is 5.32 Å². The molecule has 2 aromatic carbocycles. The van der Waals surface area contributed by atoms with E-state index in [4.69, 9.17) is 12.2 Å². The molecule has 6 heteroatoms. The summed E-state index contributed by atoms with van der Waals surface area (Å²) in [5, 5.41) is 3.05. The quantitative estimate of drug-likeness (QED) is 0.749. The minimum absolute atomic E-state index is 0.0203. The lowest BCUT2D eigenvalue weighted by atomic mass is 10.0. The van der Waals surface area contributed by atoms with E-state index in [1.807, 2.05) is 29.2 Å². The highest BCUT2D eigenvalue weighted by atomic mass is 32.1. The Morgan fingerprint density at radius 1 is 1.04 bits per heavy atom. The van der Waals surface area contributed by atoms with Crippen LogP contribution in [0.15, 0.2) is 48.5 Å². The molecule has 0 bridgehead atoms. The maximum Gasteiger partial charge on any atom is 0.418 e. The lowest BCUT2D eigenvalue weighted by molar-refractivity contribution is -0.136. The van der Waals surface area contributed by atoms with E-state index in [1.165, 1.54) is 12.1 Å². The SMILES string of the molecule is FC(F)(F)c1ccccc1NC(=S)N1CCCc2ccccc21. The fourth-order valence-electron chi connectivity index (χ4n) is 2.77. The molecule has 0 aromatic heterocycles. The third-order valence-corrected chi connectivity index (χ3v) is 4.15. The summed E-state index contributed by atoms with van der Waals surface area (Å²) in [6.07, 6.45) is -2.55. The number of thiocarbonyl (C=S) groups is 1. The Hall–Kier alpha value is -2.08. The van der Waals surface area contributed by atoms with Crippen LogP contribution >= 0.6 is 12.2 Å².